The van der Waals surface area contributed by atoms with E-state index in [0.717, 1.165) is 22.9 Å². The summed E-state index contributed by atoms with van der Waals surface area (Å²) in [6.07, 6.45) is 2.46. The van der Waals surface area contributed by atoms with E-state index in [1.54, 1.807) is 21.1 Å². The SMILES string of the molecule is COc1cc2cc(C(=O)CC(C(C)=O)C3CC3)sc2cc1OC. The Morgan fingerprint density at radius 2 is 1.83 bits per heavy atom. The van der Waals surface area contributed by atoms with Crippen molar-refractivity contribution in [3.8, 4) is 11.5 Å². The van der Waals surface area contributed by atoms with Gasteiger partial charge >= 0.3 is 0 Å². The van der Waals surface area contributed by atoms with E-state index in [4.69, 9.17) is 9.47 Å². The van der Waals surface area contributed by atoms with Crippen molar-refractivity contribution in [1.29, 1.82) is 0 Å². The summed E-state index contributed by atoms with van der Waals surface area (Å²) in [6.45, 7) is 1.59. The topological polar surface area (TPSA) is 52.6 Å². The van der Waals surface area contributed by atoms with Crippen LogP contribution in [0.2, 0.25) is 0 Å². The van der Waals surface area contributed by atoms with Crippen LogP contribution in [0, 0.1) is 11.8 Å². The van der Waals surface area contributed by atoms with Gasteiger partial charge in [0, 0.05) is 23.1 Å². The molecule has 0 N–H and O–H groups in total. The number of carbonyl (C=O) groups is 2. The van der Waals surface area contributed by atoms with E-state index in [0.29, 0.717) is 28.7 Å². The van der Waals surface area contributed by atoms with E-state index in [1.165, 1.54) is 11.3 Å². The molecular weight excluding hydrogens is 312 g/mol. The molecule has 4 nitrogen and oxygen atoms in total. The van der Waals surface area contributed by atoms with E-state index in [1.807, 2.05) is 18.2 Å². The average Bonchev–Trinajstić information content (AvgIpc) is 3.28. The Hall–Kier alpha value is -1.88. The second-order valence-electron chi connectivity index (χ2n) is 6.04. The van der Waals surface area contributed by atoms with Gasteiger partial charge < -0.3 is 9.47 Å². The first-order valence-corrected chi connectivity index (χ1v) is 8.54. The lowest BCUT2D eigenvalue weighted by atomic mass is 9.93. The molecule has 0 radical (unpaired) electrons. The van der Waals surface area contributed by atoms with Gasteiger partial charge in [0.2, 0.25) is 0 Å². The molecule has 122 valence electrons. The molecule has 2 aromatic rings. The molecule has 0 amide bonds. The standard InChI is InChI=1S/C18H20O4S/c1-10(19)13(11-4-5-11)8-14(20)18-7-12-6-15(21-2)16(22-3)9-17(12)23-18/h6-7,9,11,13H,4-5,8H2,1-3H3. The Morgan fingerprint density at radius 3 is 2.39 bits per heavy atom. The number of thiophene rings is 1. The quantitative estimate of drug-likeness (QED) is 0.716. The number of fused-ring (bicyclic) bond motifs is 1. The van der Waals surface area contributed by atoms with Gasteiger partial charge in [-0.3, -0.25) is 9.59 Å². The van der Waals surface area contributed by atoms with Crippen molar-refractivity contribution in [2.75, 3.05) is 14.2 Å². The van der Waals surface area contributed by atoms with Crippen LogP contribution in [0.4, 0.5) is 0 Å². The molecule has 1 aliphatic rings. The molecule has 1 aliphatic carbocycles. The van der Waals surface area contributed by atoms with Crippen LogP contribution in [-0.4, -0.2) is 25.8 Å². The summed E-state index contributed by atoms with van der Waals surface area (Å²) in [4.78, 5) is 25.0. The van der Waals surface area contributed by atoms with Gasteiger partial charge in [0.05, 0.1) is 19.1 Å². The fourth-order valence-electron chi connectivity index (χ4n) is 2.95. The molecule has 1 fully saturated rings. The summed E-state index contributed by atoms with van der Waals surface area (Å²) in [7, 11) is 3.19. The first-order valence-electron chi connectivity index (χ1n) is 7.72. The van der Waals surface area contributed by atoms with Crippen molar-refractivity contribution >= 4 is 33.0 Å². The van der Waals surface area contributed by atoms with Crippen LogP contribution in [-0.2, 0) is 4.79 Å². The highest BCUT2D eigenvalue weighted by Gasteiger charge is 2.35. The van der Waals surface area contributed by atoms with Crippen LogP contribution in [0.15, 0.2) is 18.2 Å². The van der Waals surface area contributed by atoms with Crippen molar-refractivity contribution in [2.45, 2.75) is 26.2 Å². The van der Waals surface area contributed by atoms with Crippen LogP contribution in [0.25, 0.3) is 10.1 Å². The van der Waals surface area contributed by atoms with Crippen LogP contribution in [0.1, 0.15) is 35.9 Å². The molecule has 0 spiro atoms. The highest BCUT2D eigenvalue weighted by Crippen LogP contribution is 2.41. The summed E-state index contributed by atoms with van der Waals surface area (Å²) in [6, 6.07) is 5.65. The minimum atomic E-state index is -0.114. The normalized spacial score (nSPS) is 15.4. The number of carbonyl (C=O) groups excluding carboxylic acids is 2. The number of methoxy groups -OCH3 is 2. The zero-order valence-electron chi connectivity index (χ0n) is 13.5. The van der Waals surface area contributed by atoms with Crippen LogP contribution in [0.5, 0.6) is 11.5 Å². The van der Waals surface area contributed by atoms with Crippen molar-refractivity contribution in [2.24, 2.45) is 11.8 Å². The van der Waals surface area contributed by atoms with Gasteiger partial charge in [0.15, 0.2) is 17.3 Å². The van der Waals surface area contributed by atoms with E-state index in [9.17, 15) is 9.59 Å². The third kappa shape index (κ3) is 3.24. The van der Waals surface area contributed by atoms with Crippen molar-refractivity contribution in [3.63, 3.8) is 0 Å². The second kappa shape index (κ2) is 6.32. The molecule has 1 atom stereocenters. The summed E-state index contributed by atoms with van der Waals surface area (Å²) in [5, 5.41) is 0.960. The van der Waals surface area contributed by atoms with Crippen molar-refractivity contribution < 1.29 is 19.1 Å². The highest BCUT2D eigenvalue weighted by atomic mass is 32.1. The van der Waals surface area contributed by atoms with E-state index >= 15 is 0 Å². The predicted octanol–water partition coefficient (Wildman–Crippen LogP) is 4.11. The van der Waals surface area contributed by atoms with Crippen LogP contribution in [0.3, 0.4) is 0 Å². The fraction of sp³-hybridized carbons (Fsp3) is 0.444. The Balaban J connectivity index is 1.87. The molecule has 1 unspecified atom stereocenters. The molecule has 23 heavy (non-hydrogen) atoms. The first kappa shape index (κ1) is 16.0. The molecule has 1 aromatic heterocycles. The van der Waals surface area contributed by atoms with E-state index in [2.05, 4.69) is 0 Å². The third-order valence-electron chi connectivity index (χ3n) is 4.42. The maximum absolute atomic E-state index is 12.6. The van der Waals surface area contributed by atoms with Crippen LogP contribution >= 0.6 is 11.3 Å². The molecule has 5 heteroatoms. The number of Topliss-reactive ketones (excluding diaryl/α,β-unsaturated/α-hetero) is 2. The monoisotopic (exact) mass is 332 g/mol. The van der Waals surface area contributed by atoms with Gasteiger partial charge in [-0.2, -0.15) is 0 Å². The maximum Gasteiger partial charge on any atom is 0.173 e. The van der Waals surface area contributed by atoms with Gasteiger partial charge in [0.1, 0.15) is 5.78 Å². The molecule has 3 rings (SSSR count). The Kier molecular flexibility index (Phi) is 4.39. The maximum atomic E-state index is 12.6. The first-order chi connectivity index (χ1) is 11.0. The fourth-order valence-corrected chi connectivity index (χ4v) is 3.97. The van der Waals surface area contributed by atoms with Gasteiger partial charge in [-0.15, -0.1) is 11.3 Å². The third-order valence-corrected chi connectivity index (χ3v) is 5.55. The van der Waals surface area contributed by atoms with Crippen LogP contribution < -0.4 is 9.47 Å². The molecule has 1 saturated carbocycles. The molecule has 1 aromatic carbocycles. The van der Waals surface area contributed by atoms with Gasteiger partial charge in [-0.05, 0) is 43.2 Å². The number of ketones is 2. The smallest absolute Gasteiger partial charge is 0.173 e. The largest absolute Gasteiger partial charge is 0.493 e. The second-order valence-corrected chi connectivity index (χ2v) is 7.12. The number of benzene rings is 1. The number of hydrogen-bond donors (Lipinski definition) is 0. The molecule has 0 saturated heterocycles. The lowest BCUT2D eigenvalue weighted by molar-refractivity contribution is -0.121. The summed E-state index contributed by atoms with van der Waals surface area (Å²) >= 11 is 1.44. The molecule has 0 bridgehead atoms. The highest BCUT2D eigenvalue weighted by molar-refractivity contribution is 7.20. The molecule has 0 aliphatic heterocycles. The minimum Gasteiger partial charge on any atom is -0.493 e. The van der Waals surface area contributed by atoms with Gasteiger partial charge in [-0.25, -0.2) is 0 Å². The van der Waals surface area contributed by atoms with Crippen molar-refractivity contribution in [3.05, 3.63) is 23.1 Å². The summed E-state index contributed by atoms with van der Waals surface area (Å²) < 4.78 is 11.6. The Bertz CT molecular complexity index is 717. The lowest BCUT2D eigenvalue weighted by Crippen LogP contribution is -2.17. The average molecular weight is 332 g/mol. The molecule has 1 heterocycles. The summed E-state index contributed by atoms with van der Waals surface area (Å²) in [5.74, 6) is 1.78. The lowest BCUT2D eigenvalue weighted by Gasteiger charge is -2.10. The number of ether oxygens (including phenoxy) is 2. The predicted molar refractivity (Wildman–Crippen MR) is 90.8 cm³/mol. The van der Waals surface area contributed by atoms with Gasteiger partial charge in [-0.1, -0.05) is 0 Å². The minimum absolute atomic E-state index is 0.0521. The molecular formula is C18H20O4S. The zero-order valence-corrected chi connectivity index (χ0v) is 14.4. The Morgan fingerprint density at radius 1 is 1.17 bits per heavy atom. The van der Waals surface area contributed by atoms with E-state index in [-0.39, 0.29) is 17.5 Å². The zero-order chi connectivity index (χ0) is 16.6. The Labute approximate surface area is 139 Å². The van der Waals surface area contributed by atoms with E-state index < -0.39 is 0 Å². The van der Waals surface area contributed by atoms with Crippen molar-refractivity contribution in [1.82, 2.24) is 0 Å². The van der Waals surface area contributed by atoms with Gasteiger partial charge in [0.25, 0.3) is 0 Å². The number of hydrogen-bond acceptors (Lipinski definition) is 5. The number of rotatable bonds is 7. The summed E-state index contributed by atoms with van der Waals surface area (Å²) in [5.41, 5.74) is 0.